The van der Waals surface area contributed by atoms with Crippen molar-refractivity contribution in [3.05, 3.63) is 23.7 Å². The van der Waals surface area contributed by atoms with Gasteiger partial charge < -0.3 is 9.15 Å². The highest BCUT2D eigenvalue weighted by molar-refractivity contribution is 7.99. The zero-order valence-electron chi connectivity index (χ0n) is 8.41. The topological polar surface area (TPSA) is 39.4 Å². The van der Waals surface area contributed by atoms with E-state index in [4.69, 9.17) is 4.42 Å². The van der Waals surface area contributed by atoms with Crippen molar-refractivity contribution in [1.29, 1.82) is 0 Å². The molecule has 0 saturated heterocycles. The number of rotatable bonds is 5. The van der Waals surface area contributed by atoms with Crippen molar-refractivity contribution in [2.75, 3.05) is 12.9 Å². The van der Waals surface area contributed by atoms with Gasteiger partial charge in [-0.15, -0.1) is 11.8 Å². The third kappa shape index (κ3) is 3.46. The Morgan fingerprint density at radius 2 is 2.21 bits per heavy atom. The molecule has 3 nitrogen and oxygen atoms in total. The summed E-state index contributed by atoms with van der Waals surface area (Å²) >= 11 is 1.49. The summed E-state index contributed by atoms with van der Waals surface area (Å²) in [6.45, 7) is 2.05. The number of hydrogen-bond acceptors (Lipinski definition) is 4. The van der Waals surface area contributed by atoms with E-state index in [9.17, 15) is 4.79 Å². The molecule has 1 aromatic heterocycles. The number of aryl methyl sites for hydroxylation is 1. The molecule has 0 fully saturated rings. The van der Waals surface area contributed by atoms with Crippen molar-refractivity contribution in [1.82, 2.24) is 0 Å². The number of methoxy groups -OCH3 is 1. The molecule has 0 spiro atoms. The molecular formula is C10H14O3S. The SMILES string of the molecule is CCc1ccc(CSCC(=O)OC)o1. The molecule has 0 aliphatic heterocycles. The Morgan fingerprint density at radius 1 is 1.50 bits per heavy atom. The van der Waals surface area contributed by atoms with E-state index in [1.165, 1.54) is 18.9 Å². The fraction of sp³-hybridized carbons (Fsp3) is 0.500. The summed E-state index contributed by atoms with van der Waals surface area (Å²) in [6, 6.07) is 3.91. The van der Waals surface area contributed by atoms with E-state index in [0.29, 0.717) is 5.75 Å². The maximum Gasteiger partial charge on any atom is 0.315 e. The second-order valence-corrected chi connectivity index (χ2v) is 3.78. The van der Waals surface area contributed by atoms with E-state index in [0.717, 1.165) is 23.7 Å². The van der Waals surface area contributed by atoms with Gasteiger partial charge in [-0.2, -0.15) is 0 Å². The van der Waals surface area contributed by atoms with E-state index < -0.39 is 0 Å². The van der Waals surface area contributed by atoms with Gasteiger partial charge in [-0.05, 0) is 12.1 Å². The van der Waals surface area contributed by atoms with Crippen molar-refractivity contribution < 1.29 is 13.9 Å². The molecule has 0 atom stereocenters. The predicted molar refractivity (Wildman–Crippen MR) is 56.3 cm³/mol. The zero-order chi connectivity index (χ0) is 10.4. The molecule has 4 heteroatoms. The van der Waals surface area contributed by atoms with E-state index in [2.05, 4.69) is 4.74 Å². The van der Waals surface area contributed by atoms with Crippen molar-refractivity contribution >= 4 is 17.7 Å². The van der Waals surface area contributed by atoms with Crippen LogP contribution < -0.4 is 0 Å². The quantitative estimate of drug-likeness (QED) is 0.705. The molecule has 14 heavy (non-hydrogen) atoms. The Balaban J connectivity index is 2.27. The predicted octanol–water partition coefficient (Wildman–Crippen LogP) is 2.25. The molecule has 0 N–H and O–H groups in total. The fourth-order valence-electron chi connectivity index (χ4n) is 0.984. The van der Waals surface area contributed by atoms with Crippen LogP contribution in [0, 0.1) is 0 Å². The Hall–Kier alpha value is -0.900. The molecule has 0 aliphatic rings. The minimum absolute atomic E-state index is 0.197. The highest BCUT2D eigenvalue weighted by atomic mass is 32.2. The molecule has 78 valence electrons. The lowest BCUT2D eigenvalue weighted by Gasteiger charge is -1.97. The van der Waals surface area contributed by atoms with Crippen LogP contribution in [0.4, 0.5) is 0 Å². The number of thioether (sulfide) groups is 1. The van der Waals surface area contributed by atoms with Crippen molar-refractivity contribution in [2.45, 2.75) is 19.1 Å². The van der Waals surface area contributed by atoms with Gasteiger partial charge in [0.1, 0.15) is 11.5 Å². The van der Waals surface area contributed by atoms with Gasteiger partial charge in [-0.25, -0.2) is 0 Å². The van der Waals surface area contributed by atoms with Crippen LogP contribution in [0.2, 0.25) is 0 Å². The molecule has 0 radical (unpaired) electrons. The monoisotopic (exact) mass is 214 g/mol. The normalized spacial score (nSPS) is 10.1. The highest BCUT2D eigenvalue weighted by Crippen LogP contribution is 2.15. The molecular weight excluding hydrogens is 200 g/mol. The maximum atomic E-state index is 10.8. The van der Waals surface area contributed by atoms with Gasteiger partial charge in [0.2, 0.25) is 0 Å². The minimum Gasteiger partial charge on any atom is -0.468 e. The minimum atomic E-state index is -0.197. The lowest BCUT2D eigenvalue weighted by molar-refractivity contribution is -0.137. The van der Waals surface area contributed by atoms with Crippen LogP contribution in [0.5, 0.6) is 0 Å². The highest BCUT2D eigenvalue weighted by Gasteiger charge is 2.03. The van der Waals surface area contributed by atoms with Gasteiger partial charge in [0.05, 0.1) is 18.6 Å². The molecule has 0 aromatic carbocycles. The van der Waals surface area contributed by atoms with Crippen LogP contribution >= 0.6 is 11.8 Å². The molecule has 0 saturated carbocycles. The largest absolute Gasteiger partial charge is 0.468 e. The Morgan fingerprint density at radius 3 is 2.79 bits per heavy atom. The van der Waals surface area contributed by atoms with Crippen molar-refractivity contribution in [2.24, 2.45) is 0 Å². The molecule has 0 amide bonds. The summed E-state index contributed by atoms with van der Waals surface area (Å²) in [5, 5.41) is 0. The maximum absolute atomic E-state index is 10.8. The third-order valence-electron chi connectivity index (χ3n) is 1.76. The zero-order valence-corrected chi connectivity index (χ0v) is 9.23. The smallest absolute Gasteiger partial charge is 0.315 e. The summed E-state index contributed by atoms with van der Waals surface area (Å²) in [4.78, 5) is 10.8. The summed E-state index contributed by atoms with van der Waals surface area (Å²) in [6.07, 6.45) is 0.904. The number of ether oxygens (including phenoxy) is 1. The van der Waals surface area contributed by atoms with Crippen molar-refractivity contribution in [3.8, 4) is 0 Å². The molecule has 1 aromatic rings. The number of esters is 1. The Labute approximate surface area is 87.8 Å². The average molecular weight is 214 g/mol. The standard InChI is InChI=1S/C10H14O3S/c1-3-8-4-5-9(13-8)6-14-7-10(11)12-2/h4-5H,3,6-7H2,1-2H3. The number of hydrogen-bond donors (Lipinski definition) is 0. The summed E-state index contributed by atoms with van der Waals surface area (Å²) in [5.74, 6) is 2.79. The average Bonchev–Trinajstić information content (AvgIpc) is 2.65. The van der Waals surface area contributed by atoms with Crippen LogP contribution in [-0.4, -0.2) is 18.8 Å². The van der Waals surface area contributed by atoms with Gasteiger partial charge in [-0.1, -0.05) is 6.92 Å². The van der Waals surface area contributed by atoms with Crippen LogP contribution in [0.1, 0.15) is 18.4 Å². The van der Waals surface area contributed by atoms with Gasteiger partial charge in [0.15, 0.2) is 0 Å². The van der Waals surface area contributed by atoms with Crippen LogP contribution in [-0.2, 0) is 21.7 Å². The lowest BCUT2D eigenvalue weighted by Crippen LogP contribution is -2.03. The van der Waals surface area contributed by atoms with Gasteiger partial charge in [-0.3, -0.25) is 4.79 Å². The van der Waals surface area contributed by atoms with Crippen LogP contribution in [0.3, 0.4) is 0 Å². The second kappa shape index (κ2) is 5.75. The van der Waals surface area contributed by atoms with Gasteiger partial charge >= 0.3 is 5.97 Å². The van der Waals surface area contributed by atoms with E-state index in [1.807, 2.05) is 19.1 Å². The van der Waals surface area contributed by atoms with E-state index in [-0.39, 0.29) is 5.97 Å². The summed E-state index contributed by atoms with van der Waals surface area (Å²) in [7, 11) is 1.39. The second-order valence-electron chi connectivity index (χ2n) is 2.79. The Bertz CT molecular complexity index is 293. The lowest BCUT2D eigenvalue weighted by atomic mass is 10.4. The third-order valence-corrected chi connectivity index (χ3v) is 2.69. The number of carbonyl (C=O) groups is 1. The van der Waals surface area contributed by atoms with Gasteiger partial charge in [0, 0.05) is 6.42 Å². The molecule has 1 rings (SSSR count). The van der Waals surface area contributed by atoms with Crippen molar-refractivity contribution in [3.63, 3.8) is 0 Å². The molecule has 1 heterocycles. The van der Waals surface area contributed by atoms with E-state index >= 15 is 0 Å². The number of furan rings is 1. The first-order valence-electron chi connectivity index (χ1n) is 4.48. The Kier molecular flexibility index (Phi) is 4.59. The summed E-state index contributed by atoms with van der Waals surface area (Å²) in [5.41, 5.74) is 0. The summed E-state index contributed by atoms with van der Waals surface area (Å²) < 4.78 is 10.00. The van der Waals surface area contributed by atoms with Gasteiger partial charge in [0.25, 0.3) is 0 Å². The molecule has 0 bridgehead atoms. The van der Waals surface area contributed by atoms with E-state index in [1.54, 1.807) is 0 Å². The van der Waals surface area contributed by atoms with Crippen LogP contribution in [0.25, 0.3) is 0 Å². The molecule has 0 unspecified atom stereocenters. The van der Waals surface area contributed by atoms with Crippen LogP contribution in [0.15, 0.2) is 16.5 Å². The number of carbonyl (C=O) groups excluding carboxylic acids is 1. The first kappa shape index (κ1) is 11.2. The fourth-order valence-corrected chi connectivity index (χ4v) is 1.73. The first-order chi connectivity index (χ1) is 6.76. The molecule has 0 aliphatic carbocycles. The first-order valence-corrected chi connectivity index (χ1v) is 5.64.